The quantitative estimate of drug-likeness (QED) is 0.670. The highest BCUT2D eigenvalue weighted by molar-refractivity contribution is 7.92. The van der Waals surface area contributed by atoms with E-state index in [4.69, 9.17) is 23.2 Å². The molecule has 0 unspecified atom stereocenters. The van der Waals surface area contributed by atoms with Gasteiger partial charge in [0.25, 0.3) is 10.0 Å². The van der Waals surface area contributed by atoms with E-state index in [-0.39, 0.29) is 11.3 Å². The molecule has 0 aliphatic carbocycles. The normalized spacial score (nSPS) is 11.8. The fourth-order valence-electron chi connectivity index (χ4n) is 2.42. The van der Waals surface area contributed by atoms with Gasteiger partial charge in [0, 0.05) is 28.7 Å². The second kappa shape index (κ2) is 5.74. The first kappa shape index (κ1) is 16.2. The summed E-state index contributed by atoms with van der Waals surface area (Å²) in [5.74, 6) is 0. The van der Waals surface area contributed by atoms with Gasteiger partial charge in [-0.25, -0.2) is 8.42 Å². The molecule has 7 heteroatoms. The zero-order valence-corrected chi connectivity index (χ0v) is 14.8. The second-order valence-corrected chi connectivity index (χ2v) is 7.81. The van der Waals surface area contributed by atoms with Gasteiger partial charge in [-0.3, -0.25) is 4.72 Å². The largest absolute Gasteiger partial charge is 0.358 e. The van der Waals surface area contributed by atoms with E-state index in [1.807, 2.05) is 19.9 Å². The molecule has 3 rings (SSSR count). The van der Waals surface area contributed by atoms with Crippen molar-refractivity contribution < 1.29 is 9.84 Å². The Balaban J connectivity index is 0.00000208. The Kier molecular flexibility index (Phi) is 4.04. The van der Waals surface area contributed by atoms with E-state index < -0.39 is 10.0 Å². The van der Waals surface area contributed by atoms with Crippen molar-refractivity contribution in [3.05, 3.63) is 57.7 Å². The molecular formula is C16H16Cl2N2O2S. The number of benzene rings is 2. The average Bonchev–Trinajstić information content (AvgIpc) is 2.76. The Bertz CT molecular complexity index is 1020. The maximum absolute atomic E-state index is 12.5. The van der Waals surface area contributed by atoms with Gasteiger partial charge in [0.15, 0.2) is 0 Å². The first-order valence-electron chi connectivity index (χ1n) is 6.85. The highest BCUT2D eigenvalue weighted by Gasteiger charge is 2.19. The standard InChI is InChI=1S/C16H14Cl2N2O2S.H2/c1-9-10(2)19-15-6-4-12(8-13(9)15)20-23(21,22)16-7-11(17)3-5-14(16)18;/h3-8,19-20H,1-2H3;1H. The number of nitrogens with one attached hydrogen (secondary N) is 2. The number of H-pyrrole nitrogens is 1. The summed E-state index contributed by atoms with van der Waals surface area (Å²) in [7, 11) is -3.82. The number of aryl methyl sites for hydroxylation is 2. The van der Waals surface area contributed by atoms with Crippen LogP contribution in [0.4, 0.5) is 5.69 Å². The lowest BCUT2D eigenvalue weighted by Crippen LogP contribution is -2.13. The van der Waals surface area contributed by atoms with Crippen LogP contribution >= 0.6 is 23.2 Å². The zero-order valence-electron chi connectivity index (χ0n) is 12.4. The smallest absolute Gasteiger partial charge is 0.263 e. The molecule has 0 aliphatic rings. The molecule has 1 heterocycles. The molecule has 0 bridgehead atoms. The SMILES string of the molecule is Cc1[nH]c2ccc(NS(=O)(=O)c3cc(Cl)ccc3Cl)cc2c1C.[HH]. The second-order valence-electron chi connectivity index (χ2n) is 5.32. The molecule has 2 N–H and O–H groups in total. The summed E-state index contributed by atoms with van der Waals surface area (Å²) in [5.41, 5.74) is 3.57. The van der Waals surface area contributed by atoms with E-state index in [1.54, 1.807) is 18.2 Å². The van der Waals surface area contributed by atoms with Crippen LogP contribution in [0.25, 0.3) is 10.9 Å². The van der Waals surface area contributed by atoms with Crippen molar-refractivity contribution in [2.24, 2.45) is 0 Å². The van der Waals surface area contributed by atoms with Crippen molar-refractivity contribution in [2.45, 2.75) is 18.7 Å². The molecule has 0 saturated carbocycles. The van der Waals surface area contributed by atoms with Gasteiger partial charge in [-0.05, 0) is 55.8 Å². The Labute approximate surface area is 146 Å². The maximum atomic E-state index is 12.5. The molecule has 0 atom stereocenters. The van der Waals surface area contributed by atoms with E-state index in [0.717, 1.165) is 22.2 Å². The summed E-state index contributed by atoms with van der Waals surface area (Å²) in [4.78, 5) is 3.20. The Morgan fingerprint density at radius 2 is 1.83 bits per heavy atom. The van der Waals surface area contributed by atoms with Crippen molar-refractivity contribution in [3.63, 3.8) is 0 Å². The topological polar surface area (TPSA) is 62.0 Å². The van der Waals surface area contributed by atoms with Crippen LogP contribution in [0.2, 0.25) is 10.0 Å². The maximum Gasteiger partial charge on any atom is 0.263 e. The van der Waals surface area contributed by atoms with Crippen LogP contribution in [0.5, 0.6) is 0 Å². The van der Waals surface area contributed by atoms with Crippen LogP contribution in [-0.2, 0) is 10.0 Å². The zero-order chi connectivity index (χ0) is 16.8. The molecule has 0 aliphatic heterocycles. The lowest BCUT2D eigenvalue weighted by Gasteiger charge is -2.10. The van der Waals surface area contributed by atoms with E-state index >= 15 is 0 Å². The average molecular weight is 371 g/mol. The number of aromatic amines is 1. The molecule has 0 fully saturated rings. The summed E-state index contributed by atoms with van der Waals surface area (Å²) >= 11 is 11.9. The predicted molar refractivity (Wildman–Crippen MR) is 97.2 cm³/mol. The van der Waals surface area contributed by atoms with Crippen molar-refractivity contribution in [1.82, 2.24) is 4.98 Å². The molecular weight excluding hydrogens is 355 g/mol. The van der Waals surface area contributed by atoms with Gasteiger partial charge in [-0.1, -0.05) is 23.2 Å². The molecule has 3 aromatic rings. The number of rotatable bonds is 3. The first-order valence-corrected chi connectivity index (χ1v) is 9.08. The number of hydrogen-bond donors (Lipinski definition) is 2. The fraction of sp³-hybridized carbons (Fsp3) is 0.125. The Morgan fingerprint density at radius 1 is 1.09 bits per heavy atom. The van der Waals surface area contributed by atoms with Crippen LogP contribution in [0.15, 0.2) is 41.3 Å². The molecule has 0 amide bonds. The van der Waals surface area contributed by atoms with Gasteiger partial charge in [-0.2, -0.15) is 0 Å². The molecule has 0 saturated heterocycles. The minimum atomic E-state index is -3.82. The molecule has 4 nitrogen and oxygen atoms in total. The third-order valence-corrected chi connectivity index (χ3v) is 5.84. The number of hydrogen-bond acceptors (Lipinski definition) is 2. The Morgan fingerprint density at radius 3 is 2.57 bits per heavy atom. The summed E-state index contributed by atoms with van der Waals surface area (Å²) in [6, 6.07) is 9.67. The first-order chi connectivity index (χ1) is 10.8. The van der Waals surface area contributed by atoms with Crippen LogP contribution in [0, 0.1) is 13.8 Å². The van der Waals surface area contributed by atoms with Gasteiger partial charge < -0.3 is 4.98 Å². The highest BCUT2D eigenvalue weighted by Crippen LogP contribution is 2.29. The van der Waals surface area contributed by atoms with E-state index in [2.05, 4.69) is 9.71 Å². The predicted octanol–water partition coefficient (Wildman–Crippen LogP) is 5.14. The van der Waals surface area contributed by atoms with Crippen molar-refractivity contribution in [3.8, 4) is 0 Å². The molecule has 23 heavy (non-hydrogen) atoms. The third kappa shape index (κ3) is 3.04. The monoisotopic (exact) mass is 370 g/mol. The van der Waals surface area contributed by atoms with E-state index in [9.17, 15) is 8.42 Å². The molecule has 122 valence electrons. The number of fused-ring (bicyclic) bond motifs is 1. The lowest BCUT2D eigenvalue weighted by atomic mass is 10.1. The van der Waals surface area contributed by atoms with Crippen molar-refractivity contribution in [1.29, 1.82) is 0 Å². The molecule has 1 aromatic heterocycles. The van der Waals surface area contributed by atoms with Crippen molar-refractivity contribution in [2.75, 3.05) is 4.72 Å². The summed E-state index contributed by atoms with van der Waals surface area (Å²) in [5, 5.41) is 1.40. The summed E-state index contributed by atoms with van der Waals surface area (Å²) in [6.45, 7) is 3.96. The van der Waals surface area contributed by atoms with Gasteiger partial charge >= 0.3 is 0 Å². The fourth-order valence-corrected chi connectivity index (χ4v) is 4.23. The summed E-state index contributed by atoms with van der Waals surface area (Å²) in [6.07, 6.45) is 0. The van der Waals surface area contributed by atoms with Crippen LogP contribution in [-0.4, -0.2) is 13.4 Å². The van der Waals surface area contributed by atoms with Gasteiger partial charge in [-0.15, -0.1) is 0 Å². The molecule has 2 aromatic carbocycles. The highest BCUT2D eigenvalue weighted by atomic mass is 35.5. The van der Waals surface area contributed by atoms with E-state index in [0.29, 0.717) is 10.7 Å². The Hall–Kier alpha value is -1.69. The number of aromatic nitrogens is 1. The van der Waals surface area contributed by atoms with Gasteiger partial charge in [0.2, 0.25) is 0 Å². The number of anilines is 1. The van der Waals surface area contributed by atoms with Crippen LogP contribution in [0.1, 0.15) is 12.7 Å². The minimum absolute atomic E-state index is 0. The number of halogens is 2. The van der Waals surface area contributed by atoms with Gasteiger partial charge in [0.1, 0.15) is 4.90 Å². The summed E-state index contributed by atoms with van der Waals surface area (Å²) < 4.78 is 27.6. The molecule has 0 radical (unpaired) electrons. The van der Waals surface area contributed by atoms with Gasteiger partial charge in [0.05, 0.1) is 5.02 Å². The van der Waals surface area contributed by atoms with Crippen LogP contribution in [0.3, 0.4) is 0 Å². The van der Waals surface area contributed by atoms with E-state index in [1.165, 1.54) is 12.1 Å². The van der Waals surface area contributed by atoms with Crippen LogP contribution < -0.4 is 4.72 Å². The third-order valence-electron chi connectivity index (χ3n) is 3.74. The lowest BCUT2D eigenvalue weighted by molar-refractivity contribution is 0.601. The molecule has 0 spiro atoms. The minimum Gasteiger partial charge on any atom is -0.358 e. The number of sulfonamides is 1. The van der Waals surface area contributed by atoms with Crippen molar-refractivity contribution >= 4 is 49.8 Å².